The highest BCUT2D eigenvalue weighted by atomic mass is 35.5. The Bertz CT molecular complexity index is 1490. The van der Waals surface area contributed by atoms with Crippen LogP contribution in [0, 0.1) is 23.3 Å². The van der Waals surface area contributed by atoms with Crippen LogP contribution in [0.3, 0.4) is 0 Å². The van der Waals surface area contributed by atoms with Crippen molar-refractivity contribution >= 4 is 28.9 Å². The molecule has 1 saturated heterocycles. The molecule has 2 aromatic carbocycles. The number of hydrogen-bond acceptors (Lipinski definition) is 6. The molecular formula is C29H29ClF4N4O3. The summed E-state index contributed by atoms with van der Waals surface area (Å²) >= 11 is 6.10. The number of hydrazone groups is 1. The van der Waals surface area contributed by atoms with Crippen LogP contribution < -0.4 is 10.3 Å². The van der Waals surface area contributed by atoms with Gasteiger partial charge in [-0.15, -0.1) is 0 Å². The Labute approximate surface area is 239 Å². The molecule has 0 aliphatic carbocycles. The Hall–Kier alpha value is -3.41. The van der Waals surface area contributed by atoms with E-state index in [1.54, 1.807) is 7.11 Å². The van der Waals surface area contributed by atoms with E-state index in [1.165, 1.54) is 25.1 Å². The summed E-state index contributed by atoms with van der Waals surface area (Å²) in [5, 5.41) is 8.55. The zero-order valence-corrected chi connectivity index (χ0v) is 23.4. The number of benzene rings is 2. The van der Waals surface area contributed by atoms with Crippen LogP contribution in [0.15, 0.2) is 58.0 Å². The molecule has 218 valence electrons. The van der Waals surface area contributed by atoms with E-state index in [4.69, 9.17) is 20.8 Å². The van der Waals surface area contributed by atoms with E-state index in [2.05, 4.69) is 15.3 Å². The first-order chi connectivity index (χ1) is 19.5. The van der Waals surface area contributed by atoms with Crippen LogP contribution >= 0.6 is 11.6 Å². The molecule has 41 heavy (non-hydrogen) atoms. The van der Waals surface area contributed by atoms with E-state index in [0.29, 0.717) is 25.0 Å². The topological polar surface area (TPSA) is 70.3 Å². The number of carbonyl (C=O) groups excluding carboxylic acids is 1. The van der Waals surface area contributed by atoms with Crippen LogP contribution in [0.5, 0.6) is 0 Å². The molecule has 0 saturated carbocycles. The van der Waals surface area contributed by atoms with Crippen LogP contribution in [0.4, 0.5) is 23.2 Å². The number of nitrogens with one attached hydrogen (secondary N) is 1. The van der Waals surface area contributed by atoms with Gasteiger partial charge < -0.3 is 19.4 Å². The van der Waals surface area contributed by atoms with Crippen molar-refractivity contribution in [1.82, 2.24) is 10.2 Å². The fraction of sp³-hybridized carbons (Fsp3) is 0.379. The van der Waals surface area contributed by atoms with Crippen molar-refractivity contribution < 1.29 is 31.5 Å². The highest BCUT2D eigenvalue weighted by Gasteiger charge is 2.57. The predicted octanol–water partition coefficient (Wildman–Crippen LogP) is 5.48. The van der Waals surface area contributed by atoms with E-state index < -0.39 is 46.2 Å². The van der Waals surface area contributed by atoms with Crippen LogP contribution in [-0.2, 0) is 9.53 Å². The molecule has 1 fully saturated rings. The largest absolute Gasteiger partial charge is 0.449 e. The summed E-state index contributed by atoms with van der Waals surface area (Å²) < 4.78 is 69.7. The van der Waals surface area contributed by atoms with Gasteiger partial charge in [-0.1, -0.05) is 0 Å². The molecule has 1 amide bonds. The molecule has 0 bridgehead atoms. The molecule has 0 radical (unpaired) electrons. The Kier molecular flexibility index (Phi) is 7.88. The van der Waals surface area contributed by atoms with Crippen molar-refractivity contribution in [1.29, 1.82) is 0 Å². The molecule has 2 aliphatic heterocycles. The molecule has 2 aliphatic rings. The van der Waals surface area contributed by atoms with Gasteiger partial charge in [0.1, 0.15) is 23.2 Å². The standard InChI is InChI=1S/C29H29ClF4N4O3/c1-28(27(39)35-16-29(40-3)10-12-37(2)13-11-29)25(23-8-9-24(30)41-23)26(19-6-4-17(31)14-20(19)33)36-38(28)22-7-5-18(32)15-21(22)34/h4-9,14-15,25H,10-13,16H2,1-3H3,(H,35,39). The van der Waals surface area contributed by atoms with Crippen molar-refractivity contribution in [2.75, 3.05) is 38.8 Å². The number of methoxy groups -OCH3 is 1. The maximum atomic E-state index is 15.3. The lowest BCUT2D eigenvalue weighted by Crippen LogP contribution is -2.60. The summed E-state index contributed by atoms with van der Waals surface area (Å²) in [4.78, 5) is 16.4. The number of halogens is 5. The van der Waals surface area contributed by atoms with Crippen LogP contribution in [0.1, 0.15) is 37.0 Å². The molecule has 1 aromatic heterocycles. The second-order valence-corrected chi connectivity index (χ2v) is 11.0. The quantitative estimate of drug-likeness (QED) is 0.368. The minimum Gasteiger partial charge on any atom is -0.449 e. The SMILES string of the molecule is COC1(CNC(=O)C2(C)C(c3ccc(Cl)o3)C(c3ccc(F)cc3F)=NN2c2ccc(F)cc2F)CCN(C)CC1. The lowest BCUT2D eigenvalue weighted by atomic mass is 9.77. The number of ether oxygens (including phenoxy) is 1. The second kappa shape index (κ2) is 11.1. The normalized spacial score (nSPS) is 22.6. The molecule has 7 nitrogen and oxygen atoms in total. The first-order valence-electron chi connectivity index (χ1n) is 13.0. The third kappa shape index (κ3) is 5.33. The number of furan rings is 1. The Balaban J connectivity index is 1.63. The number of amides is 1. The van der Waals surface area contributed by atoms with Crippen molar-refractivity contribution in [3.63, 3.8) is 0 Å². The predicted molar refractivity (Wildman–Crippen MR) is 146 cm³/mol. The van der Waals surface area contributed by atoms with Gasteiger partial charge >= 0.3 is 0 Å². The first-order valence-corrected chi connectivity index (χ1v) is 13.4. The van der Waals surface area contributed by atoms with E-state index in [0.717, 1.165) is 36.3 Å². The number of piperidine rings is 1. The third-order valence-corrected chi connectivity index (χ3v) is 8.27. The first kappa shape index (κ1) is 29.1. The van der Waals surface area contributed by atoms with Gasteiger partial charge in [-0.05, 0) is 74.8 Å². The second-order valence-electron chi connectivity index (χ2n) is 10.6. The molecule has 3 aromatic rings. The number of hydrogen-bond donors (Lipinski definition) is 1. The van der Waals surface area contributed by atoms with Gasteiger partial charge in [0.05, 0.1) is 22.9 Å². The molecule has 1 N–H and O–H groups in total. The maximum Gasteiger partial charge on any atom is 0.249 e. The average Bonchev–Trinajstić information content (AvgIpc) is 3.49. The highest BCUT2D eigenvalue weighted by Crippen LogP contribution is 2.46. The molecule has 3 heterocycles. The monoisotopic (exact) mass is 592 g/mol. The van der Waals surface area contributed by atoms with Crippen molar-refractivity contribution in [2.24, 2.45) is 5.10 Å². The van der Waals surface area contributed by atoms with Crippen LogP contribution in [-0.4, -0.2) is 61.5 Å². The van der Waals surface area contributed by atoms with E-state index in [-0.39, 0.29) is 34.5 Å². The highest BCUT2D eigenvalue weighted by molar-refractivity contribution is 6.28. The van der Waals surface area contributed by atoms with Crippen molar-refractivity contribution in [2.45, 2.75) is 36.8 Å². The lowest BCUT2D eigenvalue weighted by molar-refractivity contribution is -0.128. The average molecular weight is 593 g/mol. The molecule has 0 spiro atoms. The fourth-order valence-corrected chi connectivity index (χ4v) is 5.70. The zero-order valence-electron chi connectivity index (χ0n) is 22.7. The van der Waals surface area contributed by atoms with E-state index >= 15 is 8.78 Å². The Morgan fingerprint density at radius 3 is 2.32 bits per heavy atom. The minimum absolute atomic E-state index is 0.00207. The van der Waals surface area contributed by atoms with E-state index in [9.17, 15) is 13.6 Å². The summed E-state index contributed by atoms with van der Waals surface area (Å²) in [6.07, 6.45) is 1.32. The van der Waals surface area contributed by atoms with Crippen molar-refractivity contribution in [3.8, 4) is 0 Å². The van der Waals surface area contributed by atoms with Gasteiger partial charge in [-0.2, -0.15) is 5.10 Å². The molecule has 12 heteroatoms. The van der Waals surface area contributed by atoms with Gasteiger partial charge in [0, 0.05) is 44.4 Å². The minimum atomic E-state index is -1.78. The summed E-state index contributed by atoms with van der Waals surface area (Å²) in [6, 6.07) is 8.71. The Morgan fingerprint density at radius 1 is 1.07 bits per heavy atom. The third-order valence-electron chi connectivity index (χ3n) is 8.07. The summed E-state index contributed by atoms with van der Waals surface area (Å²) in [5.74, 6) is -5.18. The summed E-state index contributed by atoms with van der Waals surface area (Å²) in [6.45, 7) is 3.16. The number of carbonyl (C=O) groups is 1. The van der Waals surface area contributed by atoms with Crippen LogP contribution in [0.25, 0.3) is 0 Å². The number of likely N-dealkylation sites (tertiary alicyclic amines) is 1. The number of nitrogens with zero attached hydrogens (tertiary/aromatic N) is 3. The van der Waals surface area contributed by atoms with Gasteiger partial charge in [0.15, 0.2) is 16.6 Å². The number of rotatable bonds is 7. The molecule has 2 atom stereocenters. The number of anilines is 1. The van der Waals surface area contributed by atoms with Crippen molar-refractivity contribution in [3.05, 3.63) is 88.3 Å². The Morgan fingerprint density at radius 2 is 1.73 bits per heavy atom. The lowest BCUT2D eigenvalue weighted by Gasteiger charge is -2.41. The summed E-state index contributed by atoms with van der Waals surface area (Å²) in [7, 11) is 3.58. The zero-order chi connectivity index (χ0) is 29.5. The van der Waals surface area contributed by atoms with E-state index in [1.807, 2.05) is 7.05 Å². The molecule has 2 unspecified atom stereocenters. The smallest absolute Gasteiger partial charge is 0.249 e. The fourth-order valence-electron chi connectivity index (χ4n) is 5.54. The van der Waals surface area contributed by atoms with Crippen LogP contribution in [0.2, 0.25) is 5.22 Å². The van der Waals surface area contributed by atoms with Gasteiger partial charge in [0.25, 0.3) is 0 Å². The maximum absolute atomic E-state index is 15.3. The van der Waals surface area contributed by atoms with Gasteiger partial charge in [0.2, 0.25) is 5.91 Å². The molecule has 5 rings (SSSR count). The van der Waals surface area contributed by atoms with Gasteiger partial charge in [-0.3, -0.25) is 4.79 Å². The summed E-state index contributed by atoms with van der Waals surface area (Å²) in [5.41, 5.74) is -2.81. The van der Waals surface area contributed by atoms with Gasteiger partial charge in [-0.25, -0.2) is 22.6 Å². The molecular weight excluding hydrogens is 564 g/mol.